The van der Waals surface area contributed by atoms with Crippen LogP contribution in [0.3, 0.4) is 0 Å². The predicted molar refractivity (Wildman–Crippen MR) is 43.0 cm³/mol. The summed E-state index contributed by atoms with van der Waals surface area (Å²) >= 11 is 0. The highest BCUT2D eigenvalue weighted by Gasteiger charge is 1.95. The van der Waals surface area contributed by atoms with Crippen molar-refractivity contribution in [2.45, 2.75) is 20.3 Å². The van der Waals surface area contributed by atoms with E-state index in [4.69, 9.17) is 0 Å². The fourth-order valence-corrected chi connectivity index (χ4v) is 0.591. The van der Waals surface area contributed by atoms with E-state index in [1.165, 1.54) is 0 Å². The largest absolute Gasteiger partial charge is 0.327 e. The van der Waals surface area contributed by atoms with Crippen LogP contribution in [0.2, 0.25) is 0 Å². The van der Waals surface area contributed by atoms with Crippen molar-refractivity contribution in [2.75, 3.05) is 6.61 Å². The van der Waals surface area contributed by atoms with E-state index in [1.807, 2.05) is 0 Å². The normalized spacial score (nSPS) is 12.7. The minimum absolute atomic E-state index is 0. The molecular formula is C5H14AlO2P. The lowest BCUT2D eigenvalue weighted by Gasteiger charge is -2.01. The smallest absolute Gasteiger partial charge is 0.294 e. The molecule has 4 heteroatoms. The average Bonchev–Trinajstić information content (AvgIpc) is 1.83. The van der Waals surface area contributed by atoms with E-state index in [0.717, 1.165) is 6.42 Å². The molecule has 2 nitrogen and oxygen atoms in total. The van der Waals surface area contributed by atoms with Gasteiger partial charge in [0.25, 0.3) is 0 Å². The van der Waals surface area contributed by atoms with Crippen molar-refractivity contribution in [2.24, 2.45) is 5.92 Å². The SMILES string of the molecule is CCC(C)COP=O.[AlH3]. The first-order chi connectivity index (χ1) is 3.81. The van der Waals surface area contributed by atoms with Crippen LogP contribution in [0.15, 0.2) is 0 Å². The van der Waals surface area contributed by atoms with Gasteiger partial charge in [-0.25, -0.2) is 4.57 Å². The number of rotatable bonds is 4. The van der Waals surface area contributed by atoms with Gasteiger partial charge in [-0.1, -0.05) is 20.3 Å². The van der Waals surface area contributed by atoms with Gasteiger partial charge in [-0.15, -0.1) is 0 Å². The second-order valence-electron chi connectivity index (χ2n) is 1.88. The van der Waals surface area contributed by atoms with Gasteiger partial charge >= 0.3 is 8.69 Å². The van der Waals surface area contributed by atoms with Gasteiger partial charge in [0.1, 0.15) is 0 Å². The molecule has 0 rings (SSSR count). The number of hydrogen-bond acceptors (Lipinski definition) is 2. The molecule has 0 fully saturated rings. The van der Waals surface area contributed by atoms with Crippen LogP contribution in [0.5, 0.6) is 0 Å². The molecule has 0 saturated carbocycles. The fourth-order valence-electron chi connectivity index (χ4n) is 0.276. The molecule has 0 saturated heterocycles. The highest BCUT2D eigenvalue weighted by molar-refractivity contribution is 7.17. The van der Waals surface area contributed by atoms with Gasteiger partial charge < -0.3 is 0 Å². The van der Waals surface area contributed by atoms with Gasteiger partial charge in [0.15, 0.2) is 17.4 Å². The molecule has 1 atom stereocenters. The van der Waals surface area contributed by atoms with Crippen molar-refractivity contribution in [3.05, 3.63) is 0 Å². The molecule has 0 aromatic carbocycles. The Morgan fingerprint density at radius 3 is 2.56 bits per heavy atom. The second kappa shape index (κ2) is 8.59. The maximum absolute atomic E-state index is 9.70. The molecular weight excluding hydrogens is 150 g/mol. The third kappa shape index (κ3) is 8.59. The first-order valence-corrected chi connectivity index (χ1v) is 3.49. The zero-order valence-electron chi connectivity index (χ0n) is 5.26. The van der Waals surface area contributed by atoms with Crippen molar-refractivity contribution in [3.63, 3.8) is 0 Å². The standard InChI is InChI=1S/C5H11O2P.Al.3H/c1-3-5(2)4-7-8-6;;;;/h5H,3-4H2,1-2H3;;;;. The molecule has 0 heterocycles. The van der Waals surface area contributed by atoms with E-state index in [9.17, 15) is 4.57 Å². The highest BCUT2D eigenvalue weighted by Crippen LogP contribution is 2.04. The lowest BCUT2D eigenvalue weighted by Crippen LogP contribution is -1.98. The lowest BCUT2D eigenvalue weighted by molar-refractivity contribution is 0.277. The molecule has 0 aromatic rings. The van der Waals surface area contributed by atoms with Gasteiger partial charge in [-0.2, -0.15) is 0 Å². The van der Waals surface area contributed by atoms with E-state index in [2.05, 4.69) is 18.4 Å². The van der Waals surface area contributed by atoms with Crippen molar-refractivity contribution in [3.8, 4) is 0 Å². The van der Waals surface area contributed by atoms with Crippen LogP contribution in [0.4, 0.5) is 0 Å². The first-order valence-electron chi connectivity index (χ1n) is 2.75. The zero-order chi connectivity index (χ0) is 6.41. The van der Waals surface area contributed by atoms with Crippen molar-refractivity contribution < 1.29 is 9.09 Å². The third-order valence-corrected chi connectivity index (χ3v) is 1.36. The van der Waals surface area contributed by atoms with E-state index in [0.29, 0.717) is 12.5 Å². The molecule has 0 amide bonds. The summed E-state index contributed by atoms with van der Waals surface area (Å²) in [5.74, 6) is 0.524. The maximum atomic E-state index is 9.70. The number of hydrogen-bond donors (Lipinski definition) is 0. The predicted octanol–water partition coefficient (Wildman–Crippen LogP) is 1.07. The molecule has 0 bridgehead atoms. The van der Waals surface area contributed by atoms with Gasteiger partial charge in [-0.3, -0.25) is 4.52 Å². The second-order valence-corrected chi connectivity index (χ2v) is 2.29. The van der Waals surface area contributed by atoms with Crippen LogP contribution in [0, 0.1) is 5.92 Å². The zero-order valence-corrected chi connectivity index (χ0v) is 6.15. The summed E-state index contributed by atoms with van der Waals surface area (Å²) in [5.41, 5.74) is 0. The van der Waals surface area contributed by atoms with Crippen molar-refractivity contribution in [1.29, 1.82) is 0 Å². The average molecular weight is 164 g/mol. The summed E-state index contributed by atoms with van der Waals surface area (Å²) in [7, 11) is -0.201. The van der Waals surface area contributed by atoms with Crippen LogP contribution in [0.1, 0.15) is 20.3 Å². The Hall–Kier alpha value is 0.592. The van der Waals surface area contributed by atoms with Gasteiger partial charge in [0, 0.05) is 0 Å². The molecule has 54 valence electrons. The maximum Gasteiger partial charge on any atom is 0.327 e. The monoisotopic (exact) mass is 164 g/mol. The van der Waals surface area contributed by atoms with Gasteiger partial charge in [0.2, 0.25) is 0 Å². The van der Waals surface area contributed by atoms with Crippen LogP contribution < -0.4 is 0 Å². The van der Waals surface area contributed by atoms with E-state index in [-0.39, 0.29) is 26.0 Å². The molecule has 0 aliphatic heterocycles. The lowest BCUT2D eigenvalue weighted by atomic mass is 10.1. The summed E-state index contributed by atoms with van der Waals surface area (Å²) in [6.07, 6.45) is 1.08. The quantitative estimate of drug-likeness (QED) is 0.459. The first kappa shape index (κ1) is 12.3. The third-order valence-electron chi connectivity index (χ3n) is 1.11. The summed E-state index contributed by atoms with van der Waals surface area (Å²) < 4.78 is 14.3. The van der Waals surface area contributed by atoms with Gasteiger partial charge in [-0.05, 0) is 5.92 Å². The van der Waals surface area contributed by atoms with Crippen LogP contribution in [0.25, 0.3) is 0 Å². The molecule has 0 aromatic heterocycles. The summed E-state index contributed by atoms with van der Waals surface area (Å²) in [4.78, 5) is 0. The van der Waals surface area contributed by atoms with Gasteiger partial charge in [0.05, 0.1) is 6.61 Å². The Labute approximate surface area is 68.4 Å². The molecule has 0 radical (unpaired) electrons. The van der Waals surface area contributed by atoms with Crippen LogP contribution >= 0.6 is 8.69 Å². The molecule has 0 aliphatic carbocycles. The van der Waals surface area contributed by atoms with Crippen molar-refractivity contribution in [1.82, 2.24) is 0 Å². The molecule has 9 heavy (non-hydrogen) atoms. The Morgan fingerprint density at radius 2 is 2.22 bits per heavy atom. The van der Waals surface area contributed by atoms with Crippen LogP contribution in [-0.2, 0) is 9.09 Å². The minimum Gasteiger partial charge on any atom is -0.294 e. The summed E-state index contributed by atoms with van der Waals surface area (Å²) in [6, 6.07) is 0. The summed E-state index contributed by atoms with van der Waals surface area (Å²) in [6.45, 7) is 4.74. The van der Waals surface area contributed by atoms with Crippen molar-refractivity contribution >= 4 is 26.0 Å². The van der Waals surface area contributed by atoms with Crippen LogP contribution in [-0.4, -0.2) is 24.0 Å². The minimum atomic E-state index is -0.201. The van der Waals surface area contributed by atoms with E-state index < -0.39 is 0 Å². The molecule has 0 aliphatic rings. The Kier molecular flexibility index (Phi) is 11.7. The molecule has 0 N–H and O–H groups in total. The van der Waals surface area contributed by atoms with E-state index >= 15 is 0 Å². The fraction of sp³-hybridized carbons (Fsp3) is 1.00. The van der Waals surface area contributed by atoms with E-state index in [1.54, 1.807) is 0 Å². The summed E-state index contributed by atoms with van der Waals surface area (Å²) in [5, 5.41) is 0. The molecule has 0 spiro atoms. The Balaban J connectivity index is 0. The molecule has 1 unspecified atom stereocenters. The highest BCUT2D eigenvalue weighted by atomic mass is 31.1. The Bertz CT molecular complexity index is 70.0. The Morgan fingerprint density at radius 1 is 1.67 bits per heavy atom. The topological polar surface area (TPSA) is 26.3 Å².